The van der Waals surface area contributed by atoms with Crippen LogP contribution in [0.4, 0.5) is 11.4 Å². The van der Waals surface area contributed by atoms with E-state index in [0.29, 0.717) is 18.1 Å². The lowest BCUT2D eigenvalue weighted by molar-refractivity contribution is 0.311. The second-order valence-electron chi connectivity index (χ2n) is 6.12. The third kappa shape index (κ3) is 4.80. The fraction of sp³-hybridized carbons (Fsp3) is 0.182. The SMILES string of the molecule is OCCNc1ccc(-c2cccc(Cl)c2-c2ccc(NCCO)cc2)cc1. The molecule has 3 aromatic rings. The van der Waals surface area contributed by atoms with Crippen molar-refractivity contribution < 1.29 is 10.2 Å². The highest BCUT2D eigenvalue weighted by Gasteiger charge is 2.11. The molecule has 0 aliphatic heterocycles. The van der Waals surface area contributed by atoms with Crippen molar-refractivity contribution in [2.24, 2.45) is 0 Å². The van der Waals surface area contributed by atoms with Gasteiger partial charge in [0.05, 0.1) is 13.2 Å². The van der Waals surface area contributed by atoms with E-state index < -0.39 is 0 Å². The third-order valence-corrected chi connectivity index (χ3v) is 4.58. The van der Waals surface area contributed by atoms with Gasteiger partial charge in [0.25, 0.3) is 0 Å². The highest BCUT2D eigenvalue weighted by atomic mass is 35.5. The monoisotopic (exact) mass is 382 g/mol. The van der Waals surface area contributed by atoms with Crippen LogP contribution in [-0.4, -0.2) is 36.5 Å². The number of aliphatic hydroxyl groups is 2. The Labute approximate surface area is 164 Å². The zero-order chi connectivity index (χ0) is 19.1. The summed E-state index contributed by atoms with van der Waals surface area (Å²) >= 11 is 6.55. The Morgan fingerprint density at radius 1 is 0.667 bits per heavy atom. The van der Waals surface area contributed by atoms with Gasteiger partial charge in [0.15, 0.2) is 0 Å². The van der Waals surface area contributed by atoms with Gasteiger partial charge in [-0.1, -0.05) is 48.0 Å². The summed E-state index contributed by atoms with van der Waals surface area (Å²) < 4.78 is 0. The normalized spacial score (nSPS) is 10.6. The van der Waals surface area contributed by atoms with Crippen molar-refractivity contribution in [3.8, 4) is 22.3 Å². The summed E-state index contributed by atoms with van der Waals surface area (Å²) in [5, 5.41) is 24.9. The summed E-state index contributed by atoms with van der Waals surface area (Å²) in [6.07, 6.45) is 0. The number of aliphatic hydroxyl groups excluding tert-OH is 2. The van der Waals surface area contributed by atoms with Gasteiger partial charge in [-0.25, -0.2) is 0 Å². The first-order chi connectivity index (χ1) is 13.2. The fourth-order valence-electron chi connectivity index (χ4n) is 2.98. The van der Waals surface area contributed by atoms with Gasteiger partial charge in [0, 0.05) is 35.1 Å². The van der Waals surface area contributed by atoms with Crippen molar-refractivity contribution >= 4 is 23.0 Å². The van der Waals surface area contributed by atoms with Gasteiger partial charge in [0.2, 0.25) is 0 Å². The van der Waals surface area contributed by atoms with Gasteiger partial charge < -0.3 is 20.8 Å². The van der Waals surface area contributed by atoms with Gasteiger partial charge in [-0.3, -0.25) is 0 Å². The molecule has 0 radical (unpaired) electrons. The maximum Gasteiger partial charge on any atom is 0.0604 e. The molecule has 0 saturated carbocycles. The zero-order valence-corrected chi connectivity index (χ0v) is 15.7. The summed E-state index contributed by atoms with van der Waals surface area (Å²) in [6.45, 7) is 1.24. The molecular weight excluding hydrogens is 360 g/mol. The second kappa shape index (κ2) is 9.42. The lowest BCUT2D eigenvalue weighted by atomic mass is 9.94. The van der Waals surface area contributed by atoms with Gasteiger partial charge in [-0.15, -0.1) is 0 Å². The van der Waals surface area contributed by atoms with Crippen LogP contribution < -0.4 is 10.6 Å². The Morgan fingerprint density at radius 2 is 1.19 bits per heavy atom. The van der Waals surface area contributed by atoms with Crippen LogP contribution in [0.15, 0.2) is 66.7 Å². The summed E-state index contributed by atoms with van der Waals surface area (Å²) in [5.41, 5.74) is 6.09. The molecule has 0 bridgehead atoms. The van der Waals surface area contributed by atoms with Crippen LogP contribution in [0.1, 0.15) is 0 Å². The van der Waals surface area contributed by atoms with Gasteiger partial charge in [-0.05, 0) is 47.0 Å². The number of hydrogen-bond acceptors (Lipinski definition) is 4. The molecule has 3 aromatic carbocycles. The minimum atomic E-state index is 0.0968. The van der Waals surface area contributed by atoms with E-state index in [9.17, 15) is 0 Å². The van der Waals surface area contributed by atoms with Crippen molar-refractivity contribution in [2.45, 2.75) is 0 Å². The largest absolute Gasteiger partial charge is 0.395 e. The molecule has 0 aromatic heterocycles. The second-order valence-corrected chi connectivity index (χ2v) is 6.53. The van der Waals surface area contributed by atoms with E-state index in [4.69, 9.17) is 21.8 Å². The van der Waals surface area contributed by atoms with Crippen molar-refractivity contribution in [1.29, 1.82) is 0 Å². The molecule has 4 N–H and O–H groups in total. The molecule has 0 amide bonds. The minimum absolute atomic E-state index is 0.0968. The molecule has 0 aliphatic carbocycles. The Kier molecular flexibility index (Phi) is 6.71. The average Bonchev–Trinajstić information content (AvgIpc) is 2.71. The van der Waals surface area contributed by atoms with E-state index in [0.717, 1.165) is 33.6 Å². The number of nitrogens with one attached hydrogen (secondary N) is 2. The molecule has 27 heavy (non-hydrogen) atoms. The predicted octanol–water partition coefficient (Wildman–Crippen LogP) is 4.48. The quantitative estimate of drug-likeness (QED) is 0.463. The molecule has 0 unspecified atom stereocenters. The van der Waals surface area contributed by atoms with Crippen molar-refractivity contribution in [3.63, 3.8) is 0 Å². The molecule has 0 fully saturated rings. The topological polar surface area (TPSA) is 64.5 Å². The number of hydrogen-bond donors (Lipinski definition) is 4. The Balaban J connectivity index is 1.93. The molecule has 0 saturated heterocycles. The van der Waals surface area contributed by atoms with Crippen LogP contribution in [0.5, 0.6) is 0 Å². The predicted molar refractivity (Wildman–Crippen MR) is 113 cm³/mol. The summed E-state index contributed by atoms with van der Waals surface area (Å²) in [6, 6.07) is 22.0. The number of rotatable bonds is 8. The lowest BCUT2D eigenvalue weighted by Gasteiger charge is -2.14. The maximum atomic E-state index is 8.93. The van der Waals surface area contributed by atoms with Gasteiger partial charge >= 0.3 is 0 Å². The molecule has 0 spiro atoms. The summed E-state index contributed by atoms with van der Waals surface area (Å²) in [7, 11) is 0. The maximum absolute atomic E-state index is 8.93. The van der Waals surface area contributed by atoms with Crippen molar-refractivity contribution in [2.75, 3.05) is 36.9 Å². The van der Waals surface area contributed by atoms with Crippen LogP contribution in [-0.2, 0) is 0 Å². The van der Waals surface area contributed by atoms with Gasteiger partial charge in [-0.2, -0.15) is 0 Å². The van der Waals surface area contributed by atoms with Crippen LogP contribution >= 0.6 is 11.6 Å². The van der Waals surface area contributed by atoms with Crippen LogP contribution in [0.25, 0.3) is 22.3 Å². The first kappa shape index (κ1) is 19.2. The Bertz CT molecular complexity index is 864. The molecule has 4 nitrogen and oxygen atoms in total. The van der Waals surface area contributed by atoms with Crippen LogP contribution in [0.3, 0.4) is 0 Å². The van der Waals surface area contributed by atoms with E-state index in [1.807, 2.05) is 60.7 Å². The van der Waals surface area contributed by atoms with Gasteiger partial charge in [0.1, 0.15) is 0 Å². The van der Waals surface area contributed by atoms with E-state index >= 15 is 0 Å². The zero-order valence-electron chi connectivity index (χ0n) is 15.0. The molecule has 5 heteroatoms. The molecule has 0 heterocycles. The summed E-state index contributed by atoms with van der Waals surface area (Å²) in [4.78, 5) is 0. The fourth-order valence-corrected chi connectivity index (χ4v) is 3.26. The molecule has 0 aliphatic rings. The molecule has 0 atom stereocenters. The smallest absolute Gasteiger partial charge is 0.0604 e. The van der Waals surface area contributed by atoms with Crippen molar-refractivity contribution in [3.05, 3.63) is 71.8 Å². The highest BCUT2D eigenvalue weighted by Crippen LogP contribution is 2.38. The Morgan fingerprint density at radius 3 is 1.70 bits per heavy atom. The van der Waals surface area contributed by atoms with E-state index in [2.05, 4.69) is 16.7 Å². The average molecular weight is 383 g/mol. The standard InChI is InChI=1S/C22H23ClN2O2/c23-21-3-1-2-20(16-4-8-18(9-5-16)24-12-14-26)22(21)17-6-10-19(11-7-17)25-13-15-27/h1-11,24-27H,12-15H2. The number of benzene rings is 3. The number of anilines is 2. The number of halogens is 1. The molecule has 3 rings (SSSR count). The first-order valence-corrected chi connectivity index (χ1v) is 9.29. The Hall–Kier alpha value is -2.53. The molecule has 140 valence electrons. The van der Waals surface area contributed by atoms with Crippen molar-refractivity contribution in [1.82, 2.24) is 0 Å². The first-order valence-electron chi connectivity index (χ1n) is 8.92. The summed E-state index contributed by atoms with van der Waals surface area (Å²) in [5.74, 6) is 0. The van der Waals surface area contributed by atoms with E-state index in [-0.39, 0.29) is 13.2 Å². The van der Waals surface area contributed by atoms with E-state index in [1.54, 1.807) is 0 Å². The van der Waals surface area contributed by atoms with Crippen LogP contribution in [0, 0.1) is 0 Å². The van der Waals surface area contributed by atoms with Crippen LogP contribution in [0.2, 0.25) is 5.02 Å². The lowest BCUT2D eigenvalue weighted by Crippen LogP contribution is -2.05. The molecular formula is C22H23ClN2O2. The highest BCUT2D eigenvalue weighted by molar-refractivity contribution is 6.34. The third-order valence-electron chi connectivity index (χ3n) is 4.26. The van der Waals surface area contributed by atoms with E-state index in [1.165, 1.54) is 0 Å². The minimum Gasteiger partial charge on any atom is -0.395 e.